The number of hydrogen-bond acceptors (Lipinski definition) is 5. The van der Waals surface area contributed by atoms with Crippen molar-refractivity contribution in [2.24, 2.45) is 0 Å². The summed E-state index contributed by atoms with van der Waals surface area (Å²) < 4.78 is 1.79. The summed E-state index contributed by atoms with van der Waals surface area (Å²) in [7, 11) is 0. The van der Waals surface area contributed by atoms with E-state index < -0.39 is 0 Å². The summed E-state index contributed by atoms with van der Waals surface area (Å²) in [4.78, 5) is 40.9. The molecule has 2 amide bonds. The minimum atomic E-state index is -0.345. The number of imide groups is 1. The van der Waals surface area contributed by atoms with Crippen molar-refractivity contribution in [3.63, 3.8) is 0 Å². The highest BCUT2D eigenvalue weighted by Crippen LogP contribution is 2.14. The Morgan fingerprint density at radius 1 is 1.42 bits per heavy atom. The molecule has 19 heavy (non-hydrogen) atoms. The summed E-state index contributed by atoms with van der Waals surface area (Å²) in [5.41, 5.74) is 0.399. The highest BCUT2D eigenvalue weighted by molar-refractivity contribution is 7.17. The van der Waals surface area contributed by atoms with E-state index in [2.05, 4.69) is 4.98 Å². The van der Waals surface area contributed by atoms with Crippen LogP contribution in [-0.2, 0) is 16.1 Å². The maximum atomic E-state index is 12.1. The number of amides is 2. The Morgan fingerprint density at radius 3 is 3.00 bits per heavy atom. The van der Waals surface area contributed by atoms with Crippen LogP contribution >= 0.6 is 11.3 Å². The van der Waals surface area contributed by atoms with Gasteiger partial charge in [-0.15, -0.1) is 11.3 Å². The van der Waals surface area contributed by atoms with E-state index >= 15 is 0 Å². The summed E-state index contributed by atoms with van der Waals surface area (Å²) >= 11 is 1.30. The standard InChI is InChI=1S/C12H11N3O3S/c16-9-2-1-4-15(9)10(17)6-14-7-13-8-3-5-19-11(8)12(14)18/h3,5,7H,1-2,4,6H2. The predicted molar refractivity (Wildman–Crippen MR) is 69.8 cm³/mol. The van der Waals surface area contributed by atoms with Crippen molar-refractivity contribution in [3.8, 4) is 0 Å². The summed E-state index contributed by atoms with van der Waals surface area (Å²) in [5.74, 6) is -0.509. The number of carbonyl (C=O) groups is 2. The highest BCUT2D eigenvalue weighted by Gasteiger charge is 2.26. The number of rotatable bonds is 2. The second kappa shape index (κ2) is 4.58. The Kier molecular flexibility index (Phi) is 2.90. The maximum absolute atomic E-state index is 12.1. The van der Waals surface area contributed by atoms with Crippen molar-refractivity contribution in [3.05, 3.63) is 28.1 Å². The lowest BCUT2D eigenvalue weighted by molar-refractivity contribution is -0.142. The van der Waals surface area contributed by atoms with E-state index in [1.165, 1.54) is 27.1 Å². The topological polar surface area (TPSA) is 72.3 Å². The highest BCUT2D eigenvalue weighted by atomic mass is 32.1. The molecule has 0 N–H and O–H groups in total. The van der Waals surface area contributed by atoms with Crippen molar-refractivity contribution in [1.82, 2.24) is 14.5 Å². The van der Waals surface area contributed by atoms with Crippen LogP contribution in [0.25, 0.3) is 10.2 Å². The second-order valence-electron chi connectivity index (χ2n) is 4.36. The third kappa shape index (κ3) is 2.06. The van der Waals surface area contributed by atoms with Crippen LogP contribution in [0.2, 0.25) is 0 Å². The SMILES string of the molecule is O=C1CCCN1C(=O)Cn1cnc2ccsc2c1=O. The maximum Gasteiger partial charge on any atom is 0.271 e. The molecule has 2 aromatic heterocycles. The Bertz CT molecular complexity index is 718. The first-order valence-electron chi connectivity index (χ1n) is 5.92. The zero-order valence-corrected chi connectivity index (χ0v) is 10.9. The van der Waals surface area contributed by atoms with E-state index in [0.29, 0.717) is 29.6 Å². The van der Waals surface area contributed by atoms with Gasteiger partial charge >= 0.3 is 0 Å². The van der Waals surface area contributed by atoms with Crippen LogP contribution in [0.5, 0.6) is 0 Å². The van der Waals surface area contributed by atoms with Crippen molar-refractivity contribution < 1.29 is 9.59 Å². The zero-order valence-electron chi connectivity index (χ0n) is 10.0. The van der Waals surface area contributed by atoms with Gasteiger partial charge in [-0.25, -0.2) is 4.98 Å². The molecule has 0 radical (unpaired) electrons. The van der Waals surface area contributed by atoms with E-state index in [4.69, 9.17) is 0 Å². The minimum absolute atomic E-state index is 0.134. The van der Waals surface area contributed by atoms with Gasteiger partial charge in [0.25, 0.3) is 5.56 Å². The molecule has 3 heterocycles. The number of hydrogen-bond donors (Lipinski definition) is 0. The van der Waals surface area contributed by atoms with E-state index in [1.807, 2.05) is 0 Å². The lowest BCUT2D eigenvalue weighted by Gasteiger charge is -2.13. The number of aromatic nitrogens is 2. The van der Waals surface area contributed by atoms with Crippen LogP contribution in [0, 0.1) is 0 Å². The van der Waals surface area contributed by atoms with Crippen LogP contribution in [-0.4, -0.2) is 32.8 Å². The normalized spacial score (nSPS) is 15.4. The minimum Gasteiger partial charge on any atom is -0.288 e. The van der Waals surface area contributed by atoms with Crippen molar-refractivity contribution in [2.45, 2.75) is 19.4 Å². The molecule has 1 saturated heterocycles. The lowest BCUT2D eigenvalue weighted by atomic mass is 10.4. The molecule has 3 rings (SSSR count). The molecule has 0 bridgehead atoms. The summed E-state index contributed by atoms with van der Waals surface area (Å²) in [6.07, 6.45) is 2.46. The molecule has 0 aromatic carbocycles. The van der Waals surface area contributed by atoms with Gasteiger partial charge in [0, 0.05) is 13.0 Å². The molecule has 6 nitrogen and oxygen atoms in total. The first kappa shape index (κ1) is 12.0. The van der Waals surface area contributed by atoms with E-state index in [1.54, 1.807) is 11.4 Å². The fraction of sp³-hybridized carbons (Fsp3) is 0.333. The van der Waals surface area contributed by atoms with Gasteiger partial charge in [-0.05, 0) is 17.9 Å². The molecule has 7 heteroatoms. The number of likely N-dealkylation sites (tertiary alicyclic amines) is 1. The summed E-state index contributed by atoms with van der Waals surface area (Å²) in [6, 6.07) is 1.76. The van der Waals surface area contributed by atoms with Crippen molar-refractivity contribution in [1.29, 1.82) is 0 Å². The molecule has 1 aliphatic rings. The van der Waals surface area contributed by atoms with Gasteiger partial charge in [0.15, 0.2) is 0 Å². The number of fused-ring (bicyclic) bond motifs is 1. The van der Waals surface area contributed by atoms with Gasteiger partial charge < -0.3 is 0 Å². The average molecular weight is 277 g/mol. The quantitative estimate of drug-likeness (QED) is 0.806. The molecular formula is C12H11N3O3S. The molecule has 0 aliphatic carbocycles. The van der Waals surface area contributed by atoms with Crippen LogP contribution < -0.4 is 5.56 Å². The molecular weight excluding hydrogens is 266 g/mol. The third-order valence-corrected chi connectivity index (χ3v) is 4.01. The van der Waals surface area contributed by atoms with E-state index in [-0.39, 0.29) is 23.9 Å². The Hall–Kier alpha value is -2.02. The lowest BCUT2D eigenvalue weighted by Crippen LogP contribution is -2.37. The predicted octanol–water partition coefficient (Wildman–Crippen LogP) is 0.607. The molecule has 0 atom stereocenters. The third-order valence-electron chi connectivity index (χ3n) is 3.12. The zero-order chi connectivity index (χ0) is 13.4. The van der Waals surface area contributed by atoms with Crippen LogP contribution in [0.3, 0.4) is 0 Å². The Balaban J connectivity index is 1.89. The van der Waals surface area contributed by atoms with Gasteiger partial charge in [-0.2, -0.15) is 0 Å². The fourth-order valence-electron chi connectivity index (χ4n) is 2.13. The van der Waals surface area contributed by atoms with Gasteiger partial charge in [0.05, 0.1) is 11.8 Å². The first-order valence-corrected chi connectivity index (χ1v) is 6.80. The monoisotopic (exact) mass is 277 g/mol. The molecule has 1 fully saturated rings. The first-order chi connectivity index (χ1) is 9.16. The van der Waals surface area contributed by atoms with E-state index in [0.717, 1.165) is 0 Å². The van der Waals surface area contributed by atoms with Crippen molar-refractivity contribution >= 4 is 33.4 Å². The van der Waals surface area contributed by atoms with E-state index in [9.17, 15) is 14.4 Å². The fourth-order valence-corrected chi connectivity index (χ4v) is 2.93. The van der Waals surface area contributed by atoms with Crippen LogP contribution in [0.4, 0.5) is 0 Å². The molecule has 0 spiro atoms. The largest absolute Gasteiger partial charge is 0.288 e. The molecule has 0 unspecified atom stereocenters. The smallest absolute Gasteiger partial charge is 0.271 e. The molecule has 0 saturated carbocycles. The average Bonchev–Trinajstić information content (AvgIpc) is 3.01. The molecule has 2 aromatic rings. The number of carbonyl (C=O) groups excluding carboxylic acids is 2. The van der Waals surface area contributed by atoms with Crippen molar-refractivity contribution in [2.75, 3.05) is 6.54 Å². The van der Waals surface area contributed by atoms with Gasteiger partial charge in [0.1, 0.15) is 11.2 Å². The van der Waals surface area contributed by atoms with Gasteiger partial charge in [0.2, 0.25) is 11.8 Å². The second-order valence-corrected chi connectivity index (χ2v) is 5.27. The molecule has 1 aliphatic heterocycles. The summed E-state index contributed by atoms with van der Waals surface area (Å²) in [5, 5.41) is 1.79. The Labute approximate surface area is 112 Å². The number of thiophene rings is 1. The summed E-state index contributed by atoms with van der Waals surface area (Å²) in [6.45, 7) is 0.312. The van der Waals surface area contributed by atoms with Gasteiger partial charge in [-0.3, -0.25) is 23.9 Å². The van der Waals surface area contributed by atoms with Crippen LogP contribution in [0.15, 0.2) is 22.6 Å². The van der Waals surface area contributed by atoms with Gasteiger partial charge in [-0.1, -0.05) is 0 Å². The van der Waals surface area contributed by atoms with Crippen LogP contribution in [0.1, 0.15) is 12.8 Å². The number of nitrogens with zero attached hydrogens (tertiary/aromatic N) is 3. The molecule has 98 valence electrons. The Morgan fingerprint density at radius 2 is 2.26 bits per heavy atom.